The first-order valence-corrected chi connectivity index (χ1v) is 15.0. The van der Waals surface area contributed by atoms with Crippen LogP contribution in [-0.2, 0) is 14.4 Å². The van der Waals surface area contributed by atoms with Gasteiger partial charge in [-0.25, -0.2) is 14.0 Å². The van der Waals surface area contributed by atoms with Gasteiger partial charge in [0, 0.05) is 66.1 Å². The molecule has 0 aromatic heterocycles. The first-order valence-electron chi connectivity index (χ1n) is 15.0. The molecule has 0 saturated carbocycles. The number of carboxylic acids is 2. The van der Waals surface area contributed by atoms with Crippen LogP contribution in [0.1, 0.15) is 46.9 Å². The van der Waals surface area contributed by atoms with E-state index in [1.165, 1.54) is 12.1 Å². The lowest BCUT2D eigenvalue weighted by Gasteiger charge is -2.33. The van der Waals surface area contributed by atoms with Crippen LogP contribution in [0.3, 0.4) is 0 Å². The van der Waals surface area contributed by atoms with E-state index in [2.05, 4.69) is 10.2 Å². The van der Waals surface area contributed by atoms with E-state index in [0.29, 0.717) is 67.1 Å². The fourth-order valence-corrected chi connectivity index (χ4v) is 4.88. The van der Waals surface area contributed by atoms with E-state index in [-0.39, 0.29) is 29.3 Å². The van der Waals surface area contributed by atoms with Crippen LogP contribution in [0.2, 0.25) is 0 Å². The summed E-state index contributed by atoms with van der Waals surface area (Å²) in [5.74, 6) is -2.48. The largest absolute Gasteiger partial charge is 0.497 e. The Bertz CT molecular complexity index is 1550. The molecule has 3 N–H and O–H groups in total. The van der Waals surface area contributed by atoms with Gasteiger partial charge in [-0.1, -0.05) is 13.0 Å². The maximum atomic E-state index is 13.6. The molecule has 2 amide bonds. The predicted octanol–water partition coefficient (Wildman–Crippen LogP) is 5.14. The summed E-state index contributed by atoms with van der Waals surface area (Å²) in [6, 6.07) is 20.0. The van der Waals surface area contributed by atoms with Crippen LogP contribution >= 0.6 is 0 Å². The van der Waals surface area contributed by atoms with Crippen molar-refractivity contribution in [3.8, 4) is 5.75 Å². The van der Waals surface area contributed by atoms with Crippen molar-refractivity contribution >= 4 is 40.9 Å². The van der Waals surface area contributed by atoms with Gasteiger partial charge in [0.15, 0.2) is 5.78 Å². The predicted molar refractivity (Wildman–Crippen MR) is 174 cm³/mol. The van der Waals surface area contributed by atoms with Gasteiger partial charge in [-0.05, 0) is 86.6 Å². The lowest BCUT2D eigenvalue weighted by atomic mass is 9.89. The molecule has 0 aliphatic carbocycles. The number of aliphatic carboxylic acids is 2. The fourth-order valence-electron chi connectivity index (χ4n) is 4.88. The number of hydrogen-bond acceptors (Lipinski definition) is 7. The third-order valence-electron chi connectivity index (χ3n) is 7.44. The van der Waals surface area contributed by atoms with Gasteiger partial charge in [0.05, 0.1) is 7.11 Å². The molecule has 248 valence electrons. The van der Waals surface area contributed by atoms with Gasteiger partial charge in [-0.2, -0.15) is 0 Å². The number of carboxylic acid groups (broad SMARTS) is 2. The van der Waals surface area contributed by atoms with Crippen LogP contribution in [0.15, 0.2) is 84.9 Å². The molecular formula is C35H38FN3O8. The number of Topliss-reactive ketones (excluding diaryl/α,β-unsaturated/α-hetero) is 1. The number of ketones is 1. The van der Waals surface area contributed by atoms with Crippen molar-refractivity contribution < 1.29 is 43.3 Å². The highest BCUT2D eigenvalue weighted by atomic mass is 19.1. The number of hydrogen-bond donors (Lipinski definition) is 3. The molecule has 3 aromatic carbocycles. The summed E-state index contributed by atoms with van der Waals surface area (Å²) in [4.78, 5) is 61.3. The number of likely N-dealkylation sites (tertiary alicyclic amines) is 1. The number of amides is 2. The number of ether oxygens (including phenoxy) is 1. The van der Waals surface area contributed by atoms with Crippen molar-refractivity contribution in [3.63, 3.8) is 0 Å². The van der Waals surface area contributed by atoms with Crippen molar-refractivity contribution in [2.45, 2.75) is 26.2 Å². The molecule has 47 heavy (non-hydrogen) atoms. The zero-order valence-corrected chi connectivity index (χ0v) is 26.2. The number of piperidine rings is 1. The van der Waals surface area contributed by atoms with Crippen LogP contribution in [-0.4, -0.2) is 77.9 Å². The van der Waals surface area contributed by atoms with Crippen LogP contribution in [0.4, 0.5) is 15.8 Å². The molecular weight excluding hydrogens is 609 g/mol. The molecule has 1 fully saturated rings. The SMILES string of the molecule is CCC(=O)Nc1ccc(C(=O)N(CCN2CCC(C(=O)c3ccc(F)cc3)CC2)c2cccc(OC)c2)cc1.O=C(O)C=CC(=O)O. The summed E-state index contributed by atoms with van der Waals surface area (Å²) in [6.45, 7) is 4.36. The van der Waals surface area contributed by atoms with Crippen molar-refractivity contribution in [3.05, 3.63) is 102 Å². The maximum absolute atomic E-state index is 13.6. The molecule has 1 heterocycles. The smallest absolute Gasteiger partial charge is 0.328 e. The zero-order valence-electron chi connectivity index (χ0n) is 26.2. The van der Waals surface area contributed by atoms with E-state index in [9.17, 15) is 28.4 Å². The topological polar surface area (TPSA) is 154 Å². The van der Waals surface area contributed by atoms with Crippen molar-refractivity contribution in [2.75, 3.05) is 43.5 Å². The molecule has 1 aliphatic rings. The number of carbonyl (C=O) groups is 5. The normalized spacial score (nSPS) is 13.3. The Kier molecular flexibility index (Phi) is 13.8. The Morgan fingerprint density at radius 1 is 0.915 bits per heavy atom. The molecule has 0 radical (unpaired) electrons. The number of carbonyl (C=O) groups excluding carboxylic acids is 3. The summed E-state index contributed by atoms with van der Waals surface area (Å²) in [6.07, 6.45) is 2.93. The van der Waals surface area contributed by atoms with E-state index >= 15 is 0 Å². The minimum absolute atomic E-state index is 0.0569. The van der Waals surface area contributed by atoms with Crippen molar-refractivity contribution in [2.24, 2.45) is 5.92 Å². The van der Waals surface area contributed by atoms with Gasteiger partial charge >= 0.3 is 11.9 Å². The second kappa shape index (κ2) is 18.0. The Morgan fingerprint density at radius 3 is 2.06 bits per heavy atom. The number of methoxy groups -OCH3 is 1. The number of benzene rings is 3. The van der Waals surface area contributed by atoms with Crippen LogP contribution in [0, 0.1) is 11.7 Å². The molecule has 12 heteroatoms. The van der Waals surface area contributed by atoms with Crippen molar-refractivity contribution in [1.29, 1.82) is 0 Å². The monoisotopic (exact) mass is 647 g/mol. The van der Waals surface area contributed by atoms with Gasteiger partial charge in [0.1, 0.15) is 11.6 Å². The summed E-state index contributed by atoms with van der Waals surface area (Å²) in [5, 5.41) is 18.4. The Morgan fingerprint density at radius 2 is 1.51 bits per heavy atom. The van der Waals surface area contributed by atoms with Gasteiger partial charge in [0.25, 0.3) is 5.91 Å². The standard InChI is InChI=1S/C31H34FN3O4.C4H4O4/c1-3-29(36)33-26-13-9-24(10-14-26)31(38)35(27-5-4-6-28(21-27)39-2)20-19-34-17-15-23(16-18-34)30(37)22-7-11-25(32)12-8-22;5-3(6)1-2-4(7)8/h4-14,21,23H,3,15-20H2,1-2H3,(H,33,36);1-2H,(H,5,6)(H,7,8). The summed E-state index contributed by atoms with van der Waals surface area (Å²) < 4.78 is 18.6. The Balaban J connectivity index is 0.000000665. The van der Waals surface area contributed by atoms with E-state index < -0.39 is 11.9 Å². The molecule has 1 saturated heterocycles. The summed E-state index contributed by atoms with van der Waals surface area (Å²) >= 11 is 0. The first-order chi connectivity index (χ1) is 22.5. The van der Waals surface area contributed by atoms with E-state index in [4.69, 9.17) is 14.9 Å². The molecule has 11 nitrogen and oxygen atoms in total. The highest BCUT2D eigenvalue weighted by Crippen LogP contribution is 2.25. The highest BCUT2D eigenvalue weighted by molar-refractivity contribution is 6.06. The summed E-state index contributed by atoms with van der Waals surface area (Å²) in [7, 11) is 1.59. The van der Waals surface area contributed by atoms with Crippen LogP contribution in [0.5, 0.6) is 5.75 Å². The lowest BCUT2D eigenvalue weighted by Crippen LogP contribution is -2.42. The quantitative estimate of drug-likeness (QED) is 0.179. The van der Waals surface area contributed by atoms with Gasteiger partial charge in [-0.3, -0.25) is 14.4 Å². The third-order valence-corrected chi connectivity index (χ3v) is 7.44. The minimum atomic E-state index is -1.26. The van der Waals surface area contributed by atoms with Gasteiger partial charge < -0.3 is 30.1 Å². The number of rotatable bonds is 12. The zero-order chi connectivity index (χ0) is 34.3. The molecule has 0 bridgehead atoms. The summed E-state index contributed by atoms with van der Waals surface area (Å²) in [5.41, 5.74) is 2.43. The minimum Gasteiger partial charge on any atom is -0.497 e. The molecule has 0 unspecified atom stereocenters. The molecule has 4 rings (SSSR count). The lowest BCUT2D eigenvalue weighted by molar-refractivity contribution is -0.134. The Hall–Kier alpha value is -5.36. The van der Waals surface area contributed by atoms with E-state index in [1.807, 2.05) is 24.3 Å². The molecule has 3 aromatic rings. The maximum Gasteiger partial charge on any atom is 0.328 e. The third kappa shape index (κ3) is 11.5. The first kappa shape index (κ1) is 36.1. The van der Waals surface area contributed by atoms with Gasteiger partial charge in [0.2, 0.25) is 5.91 Å². The van der Waals surface area contributed by atoms with E-state index in [0.717, 1.165) is 18.8 Å². The number of nitrogens with zero attached hydrogens (tertiary/aromatic N) is 2. The highest BCUT2D eigenvalue weighted by Gasteiger charge is 2.27. The van der Waals surface area contributed by atoms with E-state index in [1.54, 1.807) is 55.3 Å². The molecule has 1 aliphatic heterocycles. The second-order valence-corrected chi connectivity index (χ2v) is 10.6. The van der Waals surface area contributed by atoms with Gasteiger partial charge in [-0.15, -0.1) is 0 Å². The van der Waals surface area contributed by atoms with Crippen LogP contribution < -0.4 is 15.0 Å². The average molecular weight is 648 g/mol. The Labute approximate surface area is 272 Å². The molecule has 0 atom stereocenters. The average Bonchev–Trinajstić information content (AvgIpc) is 3.08. The second-order valence-electron chi connectivity index (χ2n) is 10.6. The number of nitrogens with one attached hydrogen (secondary N) is 1. The number of anilines is 2. The molecule has 0 spiro atoms. The number of halogens is 1. The fraction of sp³-hybridized carbons (Fsp3) is 0.286. The van der Waals surface area contributed by atoms with Crippen LogP contribution in [0.25, 0.3) is 0 Å². The van der Waals surface area contributed by atoms with Crippen molar-refractivity contribution in [1.82, 2.24) is 4.90 Å².